The third-order valence-electron chi connectivity index (χ3n) is 2.51. The first-order valence-electron chi connectivity index (χ1n) is 6.14. The third-order valence-corrected chi connectivity index (χ3v) is 2.51. The fraction of sp³-hybridized carbons (Fsp3) is 0.333. The van der Waals surface area contributed by atoms with Gasteiger partial charge in [0.1, 0.15) is 11.5 Å². The molecule has 19 heavy (non-hydrogen) atoms. The molecule has 0 aliphatic heterocycles. The van der Waals surface area contributed by atoms with Gasteiger partial charge < -0.3 is 14.8 Å². The number of nitrogens with one attached hydrogen (secondary N) is 1. The van der Waals surface area contributed by atoms with Gasteiger partial charge in [0.15, 0.2) is 0 Å². The van der Waals surface area contributed by atoms with E-state index in [4.69, 9.17) is 4.74 Å². The maximum atomic E-state index is 11.1. The van der Waals surface area contributed by atoms with E-state index in [9.17, 15) is 9.59 Å². The Hall–Kier alpha value is -2.10. The molecule has 4 nitrogen and oxygen atoms in total. The van der Waals surface area contributed by atoms with Crippen LogP contribution in [0.1, 0.15) is 32.3 Å². The maximum absolute atomic E-state index is 11.1. The van der Waals surface area contributed by atoms with E-state index in [0.717, 1.165) is 12.0 Å². The molecule has 0 aliphatic carbocycles. The van der Waals surface area contributed by atoms with Crippen molar-refractivity contribution < 1.29 is 14.3 Å². The molecule has 4 heteroatoms. The lowest BCUT2D eigenvalue weighted by atomic mass is 10.1. The lowest BCUT2D eigenvalue weighted by molar-refractivity contribution is -0.117. The standard InChI is InChI=1S/C15H19NO3/c1-11(17)6-4-5-7-13-8-9-15(19-3)14(10-13)16-12(2)18/h5,7-10H,4,6H2,1-3H3,(H,16,18)/b7-5+. The summed E-state index contributed by atoms with van der Waals surface area (Å²) in [6.07, 6.45) is 5.14. The van der Waals surface area contributed by atoms with Crippen LogP contribution in [0.3, 0.4) is 0 Å². The second-order valence-corrected chi connectivity index (χ2v) is 4.28. The van der Waals surface area contributed by atoms with E-state index in [1.807, 2.05) is 24.3 Å². The Labute approximate surface area is 113 Å². The number of hydrogen-bond acceptors (Lipinski definition) is 3. The molecule has 0 bridgehead atoms. The van der Waals surface area contributed by atoms with Gasteiger partial charge in [-0.05, 0) is 31.0 Å². The summed E-state index contributed by atoms with van der Waals surface area (Å²) >= 11 is 0. The third kappa shape index (κ3) is 5.38. The number of benzene rings is 1. The highest BCUT2D eigenvalue weighted by atomic mass is 16.5. The number of carbonyl (C=O) groups is 2. The fourth-order valence-corrected chi connectivity index (χ4v) is 1.62. The molecule has 0 saturated carbocycles. The largest absolute Gasteiger partial charge is 0.495 e. The molecular weight excluding hydrogens is 242 g/mol. The molecule has 1 N–H and O–H groups in total. The molecular formula is C15H19NO3. The fourth-order valence-electron chi connectivity index (χ4n) is 1.62. The van der Waals surface area contributed by atoms with Gasteiger partial charge >= 0.3 is 0 Å². The van der Waals surface area contributed by atoms with Crippen LogP contribution in [-0.2, 0) is 9.59 Å². The van der Waals surface area contributed by atoms with E-state index in [1.54, 1.807) is 20.1 Å². The van der Waals surface area contributed by atoms with Gasteiger partial charge in [0.05, 0.1) is 12.8 Å². The van der Waals surface area contributed by atoms with E-state index in [1.165, 1.54) is 6.92 Å². The number of ether oxygens (including phenoxy) is 1. The molecule has 0 aliphatic rings. The number of methoxy groups -OCH3 is 1. The molecule has 0 unspecified atom stereocenters. The SMILES string of the molecule is COc1ccc(/C=C/CCC(C)=O)cc1NC(C)=O. The van der Waals surface area contributed by atoms with Crippen LogP contribution in [0.4, 0.5) is 5.69 Å². The summed E-state index contributed by atoms with van der Waals surface area (Å²) in [5.74, 6) is 0.658. The summed E-state index contributed by atoms with van der Waals surface area (Å²) in [6, 6.07) is 5.54. The molecule has 0 aromatic heterocycles. The highest BCUT2D eigenvalue weighted by Crippen LogP contribution is 2.26. The van der Waals surface area contributed by atoms with Gasteiger partial charge in [-0.2, -0.15) is 0 Å². The van der Waals surface area contributed by atoms with Gasteiger partial charge in [0.25, 0.3) is 0 Å². The topological polar surface area (TPSA) is 55.4 Å². The first-order valence-corrected chi connectivity index (χ1v) is 6.14. The summed E-state index contributed by atoms with van der Waals surface area (Å²) in [5.41, 5.74) is 1.59. The summed E-state index contributed by atoms with van der Waals surface area (Å²) in [5, 5.41) is 2.72. The van der Waals surface area contributed by atoms with Crippen LogP contribution in [0.2, 0.25) is 0 Å². The molecule has 0 heterocycles. The summed E-state index contributed by atoms with van der Waals surface area (Å²) < 4.78 is 5.17. The molecule has 0 fully saturated rings. The molecule has 1 rings (SSSR count). The van der Waals surface area contributed by atoms with Gasteiger partial charge in [-0.3, -0.25) is 4.79 Å². The van der Waals surface area contributed by atoms with Crippen LogP contribution in [0.25, 0.3) is 6.08 Å². The van der Waals surface area contributed by atoms with Crippen molar-refractivity contribution in [3.63, 3.8) is 0 Å². The van der Waals surface area contributed by atoms with Gasteiger partial charge in [-0.25, -0.2) is 0 Å². The van der Waals surface area contributed by atoms with Crippen molar-refractivity contribution >= 4 is 23.5 Å². The first-order chi connectivity index (χ1) is 9.02. The Bertz CT molecular complexity index is 492. The second kappa shape index (κ2) is 7.36. The normalized spacial score (nSPS) is 10.5. The Morgan fingerprint density at radius 3 is 2.63 bits per heavy atom. The molecule has 1 aromatic rings. The van der Waals surface area contributed by atoms with E-state index in [-0.39, 0.29) is 11.7 Å². The van der Waals surface area contributed by atoms with Crippen LogP contribution < -0.4 is 10.1 Å². The van der Waals surface area contributed by atoms with Crippen LogP contribution >= 0.6 is 0 Å². The number of ketones is 1. The van der Waals surface area contributed by atoms with Gasteiger partial charge in [0, 0.05) is 13.3 Å². The van der Waals surface area contributed by atoms with Crippen LogP contribution in [0.5, 0.6) is 5.75 Å². The van der Waals surface area contributed by atoms with Gasteiger partial charge in [0.2, 0.25) is 5.91 Å². The van der Waals surface area contributed by atoms with E-state index < -0.39 is 0 Å². The van der Waals surface area contributed by atoms with Crippen molar-refractivity contribution in [1.82, 2.24) is 0 Å². The lowest BCUT2D eigenvalue weighted by Crippen LogP contribution is -2.07. The summed E-state index contributed by atoms with van der Waals surface area (Å²) in [4.78, 5) is 21.9. The zero-order chi connectivity index (χ0) is 14.3. The molecule has 1 aromatic carbocycles. The Morgan fingerprint density at radius 1 is 1.32 bits per heavy atom. The smallest absolute Gasteiger partial charge is 0.221 e. The van der Waals surface area contributed by atoms with Crippen LogP contribution in [0, 0.1) is 0 Å². The number of carbonyl (C=O) groups excluding carboxylic acids is 2. The monoisotopic (exact) mass is 261 g/mol. The van der Waals surface area contributed by atoms with Crippen molar-refractivity contribution in [2.45, 2.75) is 26.7 Å². The number of amides is 1. The van der Waals surface area contributed by atoms with Crippen molar-refractivity contribution in [2.75, 3.05) is 12.4 Å². The highest BCUT2D eigenvalue weighted by molar-refractivity contribution is 5.90. The van der Waals surface area contributed by atoms with E-state index in [0.29, 0.717) is 17.9 Å². The predicted octanol–water partition coefficient (Wildman–Crippen LogP) is 3.04. The number of allylic oxidation sites excluding steroid dienone is 1. The van der Waals surface area contributed by atoms with Crippen molar-refractivity contribution in [1.29, 1.82) is 0 Å². The second-order valence-electron chi connectivity index (χ2n) is 4.28. The Balaban J connectivity index is 2.79. The van der Waals surface area contributed by atoms with E-state index in [2.05, 4.69) is 5.32 Å². The minimum atomic E-state index is -0.143. The Morgan fingerprint density at radius 2 is 2.05 bits per heavy atom. The molecule has 0 radical (unpaired) electrons. The van der Waals surface area contributed by atoms with Crippen LogP contribution in [0.15, 0.2) is 24.3 Å². The minimum absolute atomic E-state index is 0.143. The summed E-state index contributed by atoms with van der Waals surface area (Å²) in [7, 11) is 1.56. The van der Waals surface area contributed by atoms with Crippen molar-refractivity contribution in [2.24, 2.45) is 0 Å². The molecule has 0 spiro atoms. The number of Topliss-reactive ketones (excluding diaryl/α,β-unsaturated/α-hetero) is 1. The molecule has 0 saturated heterocycles. The van der Waals surface area contributed by atoms with Crippen molar-refractivity contribution in [3.8, 4) is 5.75 Å². The maximum Gasteiger partial charge on any atom is 0.221 e. The van der Waals surface area contributed by atoms with Gasteiger partial charge in [-0.1, -0.05) is 18.2 Å². The minimum Gasteiger partial charge on any atom is -0.495 e. The zero-order valence-electron chi connectivity index (χ0n) is 11.5. The quantitative estimate of drug-likeness (QED) is 0.856. The highest BCUT2D eigenvalue weighted by Gasteiger charge is 2.04. The number of rotatable bonds is 6. The zero-order valence-corrected chi connectivity index (χ0v) is 11.5. The summed E-state index contributed by atoms with van der Waals surface area (Å²) in [6.45, 7) is 3.03. The molecule has 102 valence electrons. The molecule has 1 amide bonds. The number of hydrogen-bond donors (Lipinski definition) is 1. The Kier molecular flexibility index (Phi) is 5.79. The average Bonchev–Trinajstić information content (AvgIpc) is 2.34. The first kappa shape index (κ1) is 15.0. The van der Waals surface area contributed by atoms with E-state index >= 15 is 0 Å². The van der Waals surface area contributed by atoms with Gasteiger partial charge in [-0.15, -0.1) is 0 Å². The number of anilines is 1. The predicted molar refractivity (Wildman–Crippen MR) is 76.2 cm³/mol. The average molecular weight is 261 g/mol. The van der Waals surface area contributed by atoms with Crippen molar-refractivity contribution in [3.05, 3.63) is 29.8 Å². The van der Waals surface area contributed by atoms with Crippen LogP contribution in [-0.4, -0.2) is 18.8 Å². The lowest BCUT2D eigenvalue weighted by Gasteiger charge is -2.09. The molecule has 0 atom stereocenters.